The van der Waals surface area contributed by atoms with Crippen LogP contribution < -0.4 is 5.32 Å². The third kappa shape index (κ3) is 1.96. The van der Waals surface area contributed by atoms with E-state index in [4.69, 9.17) is 0 Å². The molecule has 0 aromatic carbocycles. The lowest BCUT2D eigenvalue weighted by Gasteiger charge is -2.05. The second kappa shape index (κ2) is 4.77. The third-order valence-corrected chi connectivity index (χ3v) is 3.61. The van der Waals surface area contributed by atoms with E-state index in [1.807, 2.05) is 36.0 Å². The second-order valence-electron chi connectivity index (χ2n) is 4.99. The number of aromatic nitrogens is 4. The van der Waals surface area contributed by atoms with Crippen LogP contribution in [0.2, 0.25) is 0 Å². The van der Waals surface area contributed by atoms with E-state index >= 15 is 0 Å². The van der Waals surface area contributed by atoms with Crippen LogP contribution in [0.15, 0.2) is 48.8 Å². The number of hydrogen-bond donors (Lipinski definition) is 1. The lowest BCUT2D eigenvalue weighted by Crippen LogP contribution is -1.98. The first-order chi connectivity index (χ1) is 10.7. The van der Waals surface area contributed by atoms with E-state index in [1.54, 1.807) is 18.3 Å². The zero-order chi connectivity index (χ0) is 15.1. The van der Waals surface area contributed by atoms with Crippen molar-refractivity contribution in [2.45, 2.75) is 0 Å². The first-order valence-corrected chi connectivity index (χ1v) is 6.81. The number of rotatable bonds is 2. The van der Waals surface area contributed by atoms with Crippen LogP contribution in [0.1, 0.15) is 0 Å². The highest BCUT2D eigenvalue weighted by Crippen LogP contribution is 2.27. The maximum absolute atomic E-state index is 13.1. The smallest absolute Gasteiger partial charge is 0.214 e. The van der Waals surface area contributed by atoms with Gasteiger partial charge in [-0.1, -0.05) is 6.07 Å². The monoisotopic (exact) mass is 292 g/mol. The Bertz CT molecular complexity index is 992. The number of nitrogens with zero attached hydrogens (tertiary/aromatic N) is 4. The number of nitrogens with one attached hydrogen (secondary N) is 1. The quantitative estimate of drug-likeness (QED) is 0.575. The standard InChI is InChI=1S/C16H12FN5/c1-22-12-7-8-18-9-11(12)10-5-6-15(21-16(10)22)20-14-4-2-3-13(17)19-14/h2-9H,1H3,(H,19,20,21)/i17-1. The van der Waals surface area contributed by atoms with E-state index in [9.17, 15) is 4.39 Å². The van der Waals surface area contributed by atoms with Crippen molar-refractivity contribution in [2.24, 2.45) is 7.05 Å². The van der Waals surface area contributed by atoms with Crippen LogP contribution in [0.4, 0.5) is 16.0 Å². The maximum Gasteiger partial charge on any atom is 0.214 e. The van der Waals surface area contributed by atoms with E-state index in [0.29, 0.717) is 11.6 Å². The summed E-state index contributed by atoms with van der Waals surface area (Å²) >= 11 is 0. The lowest BCUT2D eigenvalue weighted by atomic mass is 10.2. The van der Waals surface area contributed by atoms with E-state index in [-0.39, 0.29) is 0 Å². The minimum atomic E-state index is -0.526. The first-order valence-electron chi connectivity index (χ1n) is 6.81. The summed E-state index contributed by atoms with van der Waals surface area (Å²) in [6.45, 7) is 0. The number of aryl methyl sites for hydroxylation is 1. The topological polar surface area (TPSA) is 55.6 Å². The summed E-state index contributed by atoms with van der Waals surface area (Å²) in [7, 11) is 1.96. The van der Waals surface area contributed by atoms with Crippen molar-refractivity contribution < 1.29 is 4.39 Å². The largest absolute Gasteiger partial charge is 0.328 e. The molecule has 0 saturated heterocycles. The number of anilines is 2. The van der Waals surface area contributed by atoms with Crippen molar-refractivity contribution in [3.63, 3.8) is 0 Å². The van der Waals surface area contributed by atoms with Crippen LogP contribution in [0.5, 0.6) is 0 Å². The van der Waals surface area contributed by atoms with Crippen molar-refractivity contribution in [3.05, 3.63) is 54.7 Å². The van der Waals surface area contributed by atoms with Gasteiger partial charge < -0.3 is 9.88 Å². The summed E-state index contributed by atoms with van der Waals surface area (Å²) in [5.74, 6) is 0.513. The van der Waals surface area contributed by atoms with Crippen LogP contribution in [0, 0.1) is 5.95 Å². The van der Waals surface area contributed by atoms with Crippen LogP contribution in [-0.4, -0.2) is 19.5 Å². The Balaban J connectivity index is 1.84. The Morgan fingerprint density at radius 3 is 2.73 bits per heavy atom. The number of hydrogen-bond acceptors (Lipinski definition) is 4. The fraction of sp³-hybridized carbons (Fsp3) is 0.0625. The van der Waals surface area contributed by atoms with Crippen LogP contribution >= 0.6 is 0 Å². The molecular formula is C16H12FN5. The molecule has 4 heterocycles. The average Bonchev–Trinajstić information content (AvgIpc) is 2.81. The summed E-state index contributed by atoms with van der Waals surface area (Å²) < 4.78 is 15.2. The average molecular weight is 292 g/mol. The molecule has 0 aliphatic heterocycles. The molecule has 0 bridgehead atoms. The highest BCUT2D eigenvalue weighted by Gasteiger charge is 2.10. The predicted molar refractivity (Wildman–Crippen MR) is 83.5 cm³/mol. The van der Waals surface area contributed by atoms with E-state index in [1.165, 1.54) is 6.07 Å². The molecule has 4 aromatic heterocycles. The fourth-order valence-electron chi connectivity index (χ4n) is 2.59. The molecule has 0 unspecified atom stereocenters. The van der Waals surface area contributed by atoms with Gasteiger partial charge in [-0.2, -0.15) is 4.39 Å². The molecular weight excluding hydrogens is 280 g/mol. The minimum Gasteiger partial charge on any atom is -0.328 e. The van der Waals surface area contributed by atoms with Crippen LogP contribution in [0.3, 0.4) is 0 Å². The molecule has 0 atom stereocenters. The molecule has 0 fully saturated rings. The molecule has 0 spiro atoms. The lowest BCUT2D eigenvalue weighted by molar-refractivity contribution is 0.585. The van der Waals surface area contributed by atoms with Crippen molar-refractivity contribution in [3.8, 4) is 0 Å². The molecule has 0 aliphatic rings. The zero-order valence-corrected chi connectivity index (χ0v) is 11.8. The Morgan fingerprint density at radius 1 is 1.00 bits per heavy atom. The molecule has 6 heteroatoms. The molecule has 1 N–H and O–H groups in total. The number of fused-ring (bicyclic) bond motifs is 3. The van der Waals surface area contributed by atoms with Gasteiger partial charge in [0.1, 0.15) is 17.3 Å². The highest BCUT2D eigenvalue weighted by atomic mass is 18.2. The summed E-state index contributed by atoms with van der Waals surface area (Å²) in [5.41, 5.74) is 1.91. The van der Waals surface area contributed by atoms with Crippen molar-refractivity contribution in [1.82, 2.24) is 19.5 Å². The van der Waals surface area contributed by atoms with Gasteiger partial charge in [0, 0.05) is 30.2 Å². The first kappa shape index (κ1) is 12.7. The Morgan fingerprint density at radius 2 is 1.86 bits per heavy atom. The Kier molecular flexibility index (Phi) is 2.75. The van der Waals surface area contributed by atoms with Gasteiger partial charge in [-0.25, -0.2) is 9.97 Å². The van der Waals surface area contributed by atoms with Gasteiger partial charge in [0.25, 0.3) is 0 Å². The predicted octanol–water partition coefficient (Wildman–Crippen LogP) is 3.40. The third-order valence-electron chi connectivity index (χ3n) is 3.61. The zero-order valence-electron chi connectivity index (χ0n) is 11.8. The molecule has 22 heavy (non-hydrogen) atoms. The van der Waals surface area contributed by atoms with Crippen molar-refractivity contribution >= 4 is 33.6 Å². The van der Waals surface area contributed by atoms with Gasteiger partial charge in [0.2, 0.25) is 5.95 Å². The fourth-order valence-corrected chi connectivity index (χ4v) is 2.59. The summed E-state index contributed by atoms with van der Waals surface area (Å²) in [5, 5.41) is 5.11. The van der Waals surface area contributed by atoms with Crippen LogP contribution in [0.25, 0.3) is 21.9 Å². The minimum absolute atomic E-state index is 0.423. The highest BCUT2D eigenvalue weighted by molar-refractivity contribution is 6.06. The van der Waals surface area contributed by atoms with E-state index < -0.39 is 5.95 Å². The SMILES string of the molecule is Cn1c2ccncc2c2ccc(Nc3cccc([18F])n3)nc21. The van der Waals surface area contributed by atoms with Crippen molar-refractivity contribution in [2.75, 3.05) is 5.32 Å². The molecule has 4 rings (SSSR count). The van der Waals surface area contributed by atoms with Crippen LogP contribution in [-0.2, 0) is 7.05 Å². The molecule has 108 valence electrons. The van der Waals surface area contributed by atoms with Gasteiger partial charge in [0.05, 0.1) is 5.52 Å². The second-order valence-corrected chi connectivity index (χ2v) is 4.99. The number of halogens is 1. The van der Waals surface area contributed by atoms with Gasteiger partial charge in [-0.15, -0.1) is 0 Å². The Hall–Kier alpha value is -3.02. The van der Waals surface area contributed by atoms with Gasteiger partial charge in [-0.05, 0) is 30.3 Å². The van der Waals surface area contributed by atoms with Gasteiger partial charge >= 0.3 is 0 Å². The summed E-state index contributed by atoms with van der Waals surface area (Å²) in [6, 6.07) is 10.4. The number of pyridine rings is 3. The Labute approximate surface area is 125 Å². The molecule has 0 radical (unpaired) electrons. The molecule has 4 aromatic rings. The van der Waals surface area contributed by atoms with E-state index in [0.717, 1.165) is 21.9 Å². The van der Waals surface area contributed by atoms with Gasteiger partial charge in [0.15, 0.2) is 0 Å². The van der Waals surface area contributed by atoms with Crippen molar-refractivity contribution in [1.29, 1.82) is 0 Å². The molecule has 0 aliphatic carbocycles. The summed E-state index contributed by atoms with van der Waals surface area (Å²) in [6.07, 6.45) is 3.59. The normalized spacial score (nSPS) is 11.2. The maximum atomic E-state index is 13.1. The van der Waals surface area contributed by atoms with Gasteiger partial charge in [-0.3, -0.25) is 4.98 Å². The van der Waals surface area contributed by atoms with E-state index in [2.05, 4.69) is 20.3 Å². The molecule has 0 amide bonds. The summed E-state index contributed by atoms with van der Waals surface area (Å²) in [4.78, 5) is 12.5. The molecule has 0 saturated carbocycles. The molecule has 5 nitrogen and oxygen atoms in total.